The molecule has 1 aliphatic carbocycles. The molecule has 38 heteroatoms. The lowest BCUT2D eigenvalue weighted by atomic mass is 9.77. The van der Waals surface area contributed by atoms with Crippen LogP contribution >= 0.6 is 0 Å². The molecule has 0 saturated heterocycles. The predicted octanol–water partition coefficient (Wildman–Crippen LogP) is 5.92. The van der Waals surface area contributed by atoms with Gasteiger partial charge in [-0.2, -0.15) is 0 Å². The monoisotopic (exact) mass is 1960 g/mol. The van der Waals surface area contributed by atoms with E-state index in [9.17, 15) is 78.3 Å². The highest BCUT2D eigenvalue weighted by Crippen LogP contribution is 2.57. The maximum Gasteiger partial charge on any atom is 0.340 e. The molecule has 4 aliphatic rings. The summed E-state index contributed by atoms with van der Waals surface area (Å²) in [6, 6.07) is 22.4. The molecule has 8 amide bonds. The minimum Gasteiger partial charge on any atom is -0.508 e. The van der Waals surface area contributed by atoms with Crippen LogP contribution in [0.3, 0.4) is 0 Å². The summed E-state index contributed by atoms with van der Waals surface area (Å²) < 4.78 is 12.3. The Morgan fingerprint density at radius 3 is 1.89 bits per heavy atom. The molecular formula is C104H130N14O24. The number of nitrogens with two attached hydrogens (primary N) is 3. The summed E-state index contributed by atoms with van der Waals surface area (Å²) in [4.78, 5) is 247. The minimum absolute atomic E-state index is 0.0185. The number of phenols is 3. The maximum absolute atomic E-state index is 15.6. The second-order valence-corrected chi connectivity index (χ2v) is 37.2. The van der Waals surface area contributed by atoms with Crippen LogP contribution in [0.4, 0.5) is 0 Å². The molecule has 1 unspecified atom stereocenters. The molecule has 12 atom stereocenters. The van der Waals surface area contributed by atoms with Crippen molar-refractivity contribution in [2.24, 2.45) is 35.1 Å². The summed E-state index contributed by atoms with van der Waals surface area (Å²) >= 11 is 0. The van der Waals surface area contributed by atoms with Crippen LogP contribution < -0.4 is 75.3 Å². The molecule has 0 bridgehead atoms. The number of benzene rings is 6. The Balaban J connectivity index is 0.0000103. The van der Waals surface area contributed by atoms with Crippen LogP contribution in [0.1, 0.15) is 224 Å². The number of amides is 8. The van der Waals surface area contributed by atoms with E-state index in [1.165, 1.54) is 102 Å². The normalized spacial score (nSPS) is 21.9. The van der Waals surface area contributed by atoms with Crippen molar-refractivity contribution in [3.63, 3.8) is 0 Å². The number of aliphatic hydroxyl groups excluding tert-OH is 1. The summed E-state index contributed by atoms with van der Waals surface area (Å²) in [5.74, 6) is -12.7. The number of Topliss-reactive ketones (excluding diaryl/α,β-unsaturated/α-hetero) is 7. The summed E-state index contributed by atoms with van der Waals surface area (Å²) in [6.07, 6.45) is 6.70. The van der Waals surface area contributed by atoms with E-state index in [2.05, 4.69) is 64.0 Å². The van der Waals surface area contributed by atoms with Crippen molar-refractivity contribution in [2.45, 2.75) is 254 Å². The number of aromatic hydroxyl groups is 3. The molecule has 1 aromatic heterocycles. The number of rotatable bonds is 33. The molecule has 0 radical (unpaired) electrons. The zero-order valence-corrected chi connectivity index (χ0v) is 80.6. The molecule has 6 aromatic carbocycles. The number of aliphatic hydroxyl groups is 1. The number of fused-ring (bicyclic) bond motifs is 7. The molecule has 7 aromatic rings. The van der Waals surface area contributed by atoms with Gasteiger partial charge in [-0.25, -0.2) is 10.2 Å². The number of aromatic nitrogens is 1. The van der Waals surface area contributed by atoms with Gasteiger partial charge in [0.05, 0.1) is 60.9 Å². The molecule has 3 aliphatic heterocycles. The first-order valence-electron chi connectivity index (χ1n) is 48.1. The standard InChI is InChI=1S/C103H125N13O24.CH5N/c1-58(89(127)91(129)60(3)116-105)110-96(134)82(57-117)113-100(138)101(4)44-18-11-9-7-6-8-10-12-19-45-102(5,115-97(135)81(48-62-22-14-13-15-23-62)108-56-71(121)26-21-29-83(122)64-32-37-74-73(50-64)98(136)140-103(74)75-38-35-69(119)52-85(75)139-86-53-70(120)36-39-76(86)103)99(137)112-79(41-43-88(125)126)95(133)111-80(47-63-30-33-68(118)34-31-63)84(123)51-65(49-66-54-106-77-28-17-16-27-72(66)77)93(131)109-59(2)90(128)92(130)78(40-42-87(104)124)107-55-67(94(132)114-101)46-61-24-20-25-61;1-2/h7,9,13-17,22-23,27-28,30-39,50,52-54,58-61,65,67,78-82,106-108,116-120H,6,8,10-12,18-21,24-26,29,40-49,51,55-57,105H2,1-5H3,(H2,104,124)(H,109,131)(H,110,134)(H,111,133)(H,112,137)(H,113,138)(H,114,132)(H,115,135)(H,125,126);2H2,1H3/b9-7+;/t58-,59?,60-,65+,67+,78-,79-,80-,81-,82-,101-,102+;/m0./s1. The zero-order valence-electron chi connectivity index (χ0n) is 80.6. The average Bonchev–Trinajstić information content (AvgIpc) is 1.52. The van der Waals surface area contributed by atoms with Gasteiger partial charge in [-0.1, -0.05) is 123 Å². The van der Waals surface area contributed by atoms with Gasteiger partial charge >= 0.3 is 11.9 Å². The Morgan fingerprint density at radius 1 is 0.599 bits per heavy atom. The Morgan fingerprint density at radius 2 is 1.24 bits per heavy atom. The molecule has 1 spiro atoms. The lowest BCUT2D eigenvalue weighted by molar-refractivity contribution is -0.141. The number of carbonyl (C=O) groups is 17. The summed E-state index contributed by atoms with van der Waals surface area (Å²) in [5.41, 5.74) is 10.4. The lowest BCUT2D eigenvalue weighted by Gasteiger charge is -2.36. The fourth-order valence-electron chi connectivity index (χ4n) is 17.9. The number of para-hydroxylation sites is 1. The van der Waals surface area contributed by atoms with Gasteiger partial charge in [0.25, 0.3) is 0 Å². The molecule has 11 rings (SSSR count). The highest BCUT2D eigenvalue weighted by molar-refractivity contribution is 6.41. The maximum atomic E-state index is 15.6. The number of primary amides is 1. The fraction of sp³-hybridized carbons (Fsp3) is 0.452. The van der Waals surface area contributed by atoms with E-state index in [1.807, 2.05) is 12.2 Å². The van der Waals surface area contributed by atoms with Crippen molar-refractivity contribution in [2.75, 3.05) is 26.7 Å². The third kappa shape index (κ3) is 29.1. The van der Waals surface area contributed by atoms with Crippen molar-refractivity contribution in [1.82, 2.24) is 58.3 Å². The van der Waals surface area contributed by atoms with Crippen molar-refractivity contribution in [3.05, 3.63) is 196 Å². The van der Waals surface area contributed by atoms with E-state index in [1.54, 1.807) is 79.0 Å². The number of carboxylic acids is 1. The number of allylic oxidation sites excluding steroid dienone is 2. The largest absolute Gasteiger partial charge is 0.508 e. The number of phenolic OH excluding ortho intramolecular Hbond substituents is 3. The van der Waals surface area contributed by atoms with Crippen LogP contribution in [0.15, 0.2) is 152 Å². The molecule has 22 N–H and O–H groups in total. The summed E-state index contributed by atoms with van der Waals surface area (Å²) in [7, 11) is 1.50. The number of hydrazine groups is 1. The Kier molecular flexibility index (Phi) is 39.8. The number of ketones is 7. The second kappa shape index (κ2) is 51.4. The second-order valence-electron chi connectivity index (χ2n) is 37.2. The first-order valence-corrected chi connectivity index (χ1v) is 48.1. The van der Waals surface area contributed by atoms with E-state index >= 15 is 28.8 Å². The third-order valence-electron chi connectivity index (χ3n) is 26.5. The van der Waals surface area contributed by atoms with Gasteiger partial charge in [-0.05, 0) is 196 Å². The highest BCUT2D eigenvalue weighted by Gasteiger charge is 2.54. The zero-order chi connectivity index (χ0) is 103. The van der Waals surface area contributed by atoms with Crippen LogP contribution in [0.2, 0.25) is 0 Å². The molecule has 4 heterocycles. The number of aliphatic carboxylic acids is 1. The first-order chi connectivity index (χ1) is 67.8. The van der Waals surface area contributed by atoms with E-state index in [0.29, 0.717) is 89.2 Å². The van der Waals surface area contributed by atoms with E-state index in [0.717, 1.165) is 6.42 Å². The van der Waals surface area contributed by atoms with Crippen LogP contribution in [0, 0.1) is 17.8 Å². The topological polar surface area (TPSA) is 624 Å². The molecule has 38 nitrogen and oxygen atoms in total. The van der Waals surface area contributed by atoms with Crippen molar-refractivity contribution >= 4 is 111 Å². The Hall–Kier alpha value is -14.1. The molecular weight excluding hydrogens is 1830 g/mol. The van der Waals surface area contributed by atoms with E-state index in [4.69, 9.17) is 21.1 Å². The van der Waals surface area contributed by atoms with Crippen LogP contribution in [0.25, 0.3) is 10.9 Å². The molecule has 142 heavy (non-hydrogen) atoms. The van der Waals surface area contributed by atoms with Crippen LogP contribution in [0.5, 0.6) is 28.7 Å². The van der Waals surface area contributed by atoms with Gasteiger partial charge in [0, 0.05) is 96.1 Å². The van der Waals surface area contributed by atoms with E-state index in [-0.39, 0.29) is 129 Å². The van der Waals surface area contributed by atoms with Crippen molar-refractivity contribution in [3.8, 4) is 28.7 Å². The number of H-pyrrole nitrogens is 1. The fourth-order valence-corrected chi connectivity index (χ4v) is 17.9. The first kappa shape index (κ1) is 110. The number of aromatic amines is 1. The number of hydrogen-bond donors (Lipinski definition) is 19. The van der Waals surface area contributed by atoms with Gasteiger partial charge in [-0.15, -0.1) is 0 Å². The van der Waals surface area contributed by atoms with Gasteiger partial charge in [0.15, 0.2) is 17.2 Å². The number of carboxylic acid groups (broad SMARTS) is 1. The Bertz CT molecular complexity index is 5750. The van der Waals surface area contributed by atoms with Gasteiger partial charge in [0.2, 0.25) is 70.4 Å². The SMILES string of the molecule is CC1NC(=O)[C@H](Cc2c[nH]c3ccccc23)CC(=O)[C@H](Cc2ccc(O)cc2)NC(=O)[C@H](CCC(=O)O)NC(=O)[C@](C)(NC(=O)[C@H](Cc2ccccc2)NCC(=O)CCCC(=O)c2ccc3c(c2)C(=O)OC32c3ccc(O)cc3Oc3cc(O)ccc32)CCCCCC/C=C/CCC[C@@](C)(C(=O)N[C@@H](CO)C(=O)N[C@@H](C)C(=O)C(=O)[C@H](C)NN)NC(=O)[C@H](CC2CCC2)CN[C@@H](CCC(N)=O)C(=O)C1=O.CN. The van der Waals surface area contributed by atoms with E-state index < -0.39 is 215 Å². The Labute approximate surface area is 821 Å². The highest BCUT2D eigenvalue weighted by atomic mass is 16.6. The molecule has 760 valence electrons. The lowest BCUT2D eigenvalue weighted by Crippen LogP contribution is -2.63. The van der Waals surface area contributed by atoms with Gasteiger partial charge < -0.3 is 94.0 Å². The quantitative estimate of drug-likeness (QED) is 0.00566. The van der Waals surface area contributed by atoms with Gasteiger partial charge in [-0.3, -0.25) is 87.9 Å². The van der Waals surface area contributed by atoms with Crippen LogP contribution in [-0.2, 0) is 102 Å². The number of carbonyl (C=O) groups excluding carboxylic acids is 16. The van der Waals surface area contributed by atoms with Gasteiger partial charge in [0.1, 0.15) is 57.7 Å². The molecule has 1 saturated carbocycles. The van der Waals surface area contributed by atoms with Crippen LogP contribution in [-0.4, -0.2) is 216 Å². The smallest absolute Gasteiger partial charge is 0.340 e. The average molecular weight is 1960 g/mol. The van der Waals surface area contributed by atoms with Crippen molar-refractivity contribution < 1.29 is 117 Å². The summed E-state index contributed by atoms with van der Waals surface area (Å²) in [5, 5.41) is 77.7. The number of hydrogen-bond acceptors (Lipinski definition) is 28. The molecule has 1 fully saturated rings. The number of ether oxygens (including phenoxy) is 2. The number of nitrogens with one attached hydrogen (secondary N) is 11. The minimum atomic E-state index is -1.97. The third-order valence-corrected chi connectivity index (χ3v) is 26.5. The number of esters is 1. The van der Waals surface area contributed by atoms with Crippen molar-refractivity contribution in [1.29, 1.82) is 0 Å². The summed E-state index contributed by atoms with van der Waals surface area (Å²) in [6.45, 7) is 4.85. The predicted molar refractivity (Wildman–Crippen MR) is 521 cm³/mol.